The number of carboxylic acid groups (broad SMARTS) is 1. The molecule has 1 aromatic heterocycles. The first-order chi connectivity index (χ1) is 11.7. The van der Waals surface area contributed by atoms with Gasteiger partial charge in [-0.25, -0.2) is 4.79 Å². The minimum atomic E-state index is -4.79. The van der Waals surface area contributed by atoms with Crippen molar-refractivity contribution in [2.45, 2.75) is 51.7 Å². The van der Waals surface area contributed by atoms with E-state index in [9.17, 15) is 22.8 Å². The van der Waals surface area contributed by atoms with E-state index in [1.807, 2.05) is 0 Å². The predicted octanol–water partition coefficient (Wildman–Crippen LogP) is 3.53. The van der Waals surface area contributed by atoms with E-state index >= 15 is 0 Å². The van der Waals surface area contributed by atoms with Crippen LogP contribution in [0.1, 0.15) is 61.6 Å². The first-order valence-corrected chi connectivity index (χ1v) is 8.21. The Morgan fingerprint density at radius 2 is 1.96 bits per heavy atom. The molecule has 6 nitrogen and oxygen atoms in total. The third kappa shape index (κ3) is 4.13. The number of rotatable bonds is 5. The van der Waals surface area contributed by atoms with Crippen molar-refractivity contribution in [3.63, 3.8) is 0 Å². The molecular weight excluding hydrogens is 341 g/mol. The van der Waals surface area contributed by atoms with Crippen LogP contribution in [0.25, 0.3) is 0 Å². The van der Waals surface area contributed by atoms with Gasteiger partial charge in [-0.1, -0.05) is 6.92 Å². The lowest BCUT2D eigenvalue weighted by atomic mass is 9.79. The Bertz CT molecular complexity index is 634. The zero-order valence-corrected chi connectivity index (χ0v) is 14.0. The van der Waals surface area contributed by atoms with Gasteiger partial charge >= 0.3 is 18.1 Å². The van der Waals surface area contributed by atoms with Gasteiger partial charge in [0.2, 0.25) is 0 Å². The molecule has 0 bridgehead atoms. The second-order valence-electron chi connectivity index (χ2n) is 6.26. The van der Waals surface area contributed by atoms with Crippen LogP contribution in [-0.2, 0) is 15.7 Å². The van der Waals surface area contributed by atoms with Crippen molar-refractivity contribution in [3.8, 4) is 0 Å². The van der Waals surface area contributed by atoms with E-state index in [2.05, 4.69) is 5.10 Å². The van der Waals surface area contributed by atoms with E-state index in [4.69, 9.17) is 9.84 Å². The summed E-state index contributed by atoms with van der Waals surface area (Å²) in [6, 6.07) is -0.532. The maximum atomic E-state index is 13.3. The normalized spacial score (nSPS) is 22.4. The van der Waals surface area contributed by atoms with Gasteiger partial charge in [-0.15, -0.1) is 0 Å². The van der Waals surface area contributed by atoms with E-state index in [0.29, 0.717) is 32.3 Å². The molecule has 1 N–H and O–H groups in total. The van der Waals surface area contributed by atoms with Gasteiger partial charge in [0.1, 0.15) is 5.56 Å². The Morgan fingerprint density at radius 1 is 1.36 bits per heavy atom. The van der Waals surface area contributed by atoms with Crippen LogP contribution in [0.5, 0.6) is 0 Å². The Morgan fingerprint density at radius 3 is 2.44 bits per heavy atom. The highest BCUT2D eigenvalue weighted by Gasteiger charge is 2.42. The lowest BCUT2D eigenvalue weighted by Gasteiger charge is -2.32. The van der Waals surface area contributed by atoms with E-state index < -0.39 is 29.4 Å². The molecule has 1 atom stereocenters. The van der Waals surface area contributed by atoms with E-state index in [0.717, 1.165) is 10.9 Å². The second-order valence-corrected chi connectivity index (χ2v) is 6.26. The van der Waals surface area contributed by atoms with Crippen LogP contribution < -0.4 is 0 Å². The van der Waals surface area contributed by atoms with Gasteiger partial charge in [-0.2, -0.15) is 18.3 Å². The molecule has 25 heavy (non-hydrogen) atoms. The first kappa shape index (κ1) is 19.3. The molecule has 1 fully saturated rings. The van der Waals surface area contributed by atoms with Crippen LogP contribution in [0, 0.1) is 11.8 Å². The summed E-state index contributed by atoms with van der Waals surface area (Å²) in [5, 5.41) is 12.6. The minimum Gasteiger partial charge on any atom is -0.478 e. The van der Waals surface area contributed by atoms with Crippen molar-refractivity contribution in [3.05, 3.63) is 17.5 Å². The number of carbonyl (C=O) groups excluding carboxylic acids is 1. The van der Waals surface area contributed by atoms with Gasteiger partial charge in [-0.05, 0) is 38.5 Å². The Balaban J connectivity index is 2.14. The first-order valence-electron chi connectivity index (χ1n) is 8.21. The van der Waals surface area contributed by atoms with Crippen LogP contribution >= 0.6 is 0 Å². The lowest BCUT2D eigenvalue weighted by molar-refractivity contribution is -0.149. The number of hydrogen-bond acceptors (Lipinski definition) is 4. The fourth-order valence-electron chi connectivity index (χ4n) is 3.39. The summed E-state index contributed by atoms with van der Waals surface area (Å²) in [4.78, 5) is 22.8. The van der Waals surface area contributed by atoms with E-state index in [1.54, 1.807) is 13.8 Å². The molecular formula is C16H21F3N2O4. The summed E-state index contributed by atoms with van der Waals surface area (Å²) >= 11 is 0. The summed E-state index contributed by atoms with van der Waals surface area (Å²) in [5.74, 6) is -2.22. The van der Waals surface area contributed by atoms with Crippen LogP contribution in [-0.4, -0.2) is 33.4 Å². The van der Waals surface area contributed by atoms with Gasteiger partial charge in [0.15, 0.2) is 5.69 Å². The summed E-state index contributed by atoms with van der Waals surface area (Å²) in [6.07, 6.45) is -2.12. The molecule has 1 aliphatic rings. The van der Waals surface area contributed by atoms with Gasteiger partial charge in [0.25, 0.3) is 0 Å². The SMILES string of the molecule is CCOC(=O)[C@@H](C)C1CCC(n2ncc(C(=O)O)c2C(F)(F)F)CC1. The van der Waals surface area contributed by atoms with E-state index in [1.165, 1.54) is 0 Å². The molecule has 9 heteroatoms. The van der Waals surface area contributed by atoms with Gasteiger partial charge in [0, 0.05) is 0 Å². The second kappa shape index (κ2) is 7.45. The Hall–Kier alpha value is -2.06. The fourth-order valence-corrected chi connectivity index (χ4v) is 3.39. The number of hydrogen-bond donors (Lipinski definition) is 1. The zero-order chi connectivity index (χ0) is 18.8. The van der Waals surface area contributed by atoms with E-state index in [-0.39, 0.29) is 17.8 Å². The highest BCUT2D eigenvalue weighted by molar-refractivity contribution is 5.88. The fraction of sp³-hybridized carbons (Fsp3) is 0.688. The largest absolute Gasteiger partial charge is 0.478 e. The highest BCUT2D eigenvalue weighted by atomic mass is 19.4. The topological polar surface area (TPSA) is 81.4 Å². The Labute approximate surface area is 143 Å². The number of aromatic carboxylic acids is 1. The summed E-state index contributed by atoms with van der Waals surface area (Å²) in [7, 11) is 0. The van der Waals surface area contributed by atoms with Gasteiger partial charge < -0.3 is 9.84 Å². The Kier molecular flexibility index (Phi) is 5.74. The molecule has 0 aliphatic heterocycles. The average molecular weight is 362 g/mol. The monoisotopic (exact) mass is 362 g/mol. The molecule has 0 saturated heterocycles. The average Bonchev–Trinajstić information content (AvgIpc) is 3.00. The van der Waals surface area contributed by atoms with Crippen LogP contribution in [0.4, 0.5) is 13.2 Å². The highest BCUT2D eigenvalue weighted by Crippen LogP contribution is 2.40. The third-order valence-corrected chi connectivity index (χ3v) is 4.75. The number of aromatic nitrogens is 2. The molecule has 1 saturated carbocycles. The molecule has 1 aromatic rings. The van der Waals surface area contributed by atoms with Crippen molar-refractivity contribution in [2.24, 2.45) is 11.8 Å². The molecule has 140 valence electrons. The van der Waals surface area contributed by atoms with Crippen LogP contribution in [0.2, 0.25) is 0 Å². The number of alkyl halides is 3. The number of carboxylic acids is 1. The summed E-state index contributed by atoms with van der Waals surface area (Å²) in [6.45, 7) is 3.78. The van der Waals surface area contributed by atoms with Crippen molar-refractivity contribution in [2.75, 3.05) is 6.61 Å². The molecule has 0 spiro atoms. The molecule has 0 unspecified atom stereocenters. The molecule has 0 amide bonds. The number of carbonyl (C=O) groups is 2. The predicted molar refractivity (Wildman–Crippen MR) is 81.0 cm³/mol. The van der Waals surface area contributed by atoms with Crippen molar-refractivity contribution in [1.82, 2.24) is 9.78 Å². The standard InChI is InChI=1S/C16H21F3N2O4/c1-3-25-15(24)9(2)10-4-6-11(7-5-10)21-13(16(17,18)19)12(8-20-21)14(22)23/h8-11H,3-7H2,1-2H3,(H,22,23)/t9-,10?,11?/m0/s1. The molecule has 2 rings (SSSR count). The van der Waals surface area contributed by atoms with Gasteiger partial charge in [0.05, 0.1) is 24.8 Å². The summed E-state index contributed by atoms with van der Waals surface area (Å²) < 4.78 is 45.6. The zero-order valence-electron chi connectivity index (χ0n) is 14.0. The molecule has 1 aliphatic carbocycles. The maximum absolute atomic E-state index is 13.3. The molecule has 0 radical (unpaired) electrons. The summed E-state index contributed by atoms with van der Waals surface area (Å²) in [5.41, 5.74) is -2.06. The quantitative estimate of drug-likeness (QED) is 0.811. The number of ether oxygens (including phenoxy) is 1. The minimum absolute atomic E-state index is 0.0409. The van der Waals surface area contributed by atoms with Crippen LogP contribution in [0.15, 0.2) is 6.20 Å². The lowest BCUT2D eigenvalue weighted by Crippen LogP contribution is -2.30. The molecule has 0 aromatic carbocycles. The van der Waals surface area contributed by atoms with Crippen molar-refractivity contribution in [1.29, 1.82) is 0 Å². The molecule has 1 heterocycles. The van der Waals surface area contributed by atoms with Crippen molar-refractivity contribution >= 4 is 11.9 Å². The van der Waals surface area contributed by atoms with Gasteiger partial charge in [-0.3, -0.25) is 9.48 Å². The van der Waals surface area contributed by atoms with Crippen molar-refractivity contribution < 1.29 is 32.6 Å². The van der Waals surface area contributed by atoms with Crippen LogP contribution in [0.3, 0.4) is 0 Å². The smallest absolute Gasteiger partial charge is 0.433 e. The maximum Gasteiger partial charge on any atom is 0.433 e. The number of esters is 1. The third-order valence-electron chi connectivity index (χ3n) is 4.75. The number of halogens is 3. The number of nitrogens with zero attached hydrogens (tertiary/aromatic N) is 2.